The molecule has 4 heteroatoms. The van der Waals surface area contributed by atoms with Gasteiger partial charge in [-0.25, -0.2) is 0 Å². The number of carbonyl (C=O) groups excluding carboxylic acids is 2. The Balaban J connectivity index is 1.30. The van der Waals surface area contributed by atoms with E-state index in [0.717, 1.165) is 36.8 Å². The third kappa shape index (κ3) is 2.58. The normalized spacial score (nSPS) is 25.9. The van der Waals surface area contributed by atoms with E-state index in [0.29, 0.717) is 0 Å². The van der Waals surface area contributed by atoms with Crippen molar-refractivity contribution < 1.29 is 9.59 Å². The maximum absolute atomic E-state index is 12.8. The van der Waals surface area contributed by atoms with Gasteiger partial charge in [-0.2, -0.15) is 0 Å². The number of hydrazine groups is 1. The minimum absolute atomic E-state index is 0.0197. The van der Waals surface area contributed by atoms with Crippen molar-refractivity contribution in [3.05, 3.63) is 71.8 Å². The summed E-state index contributed by atoms with van der Waals surface area (Å²) in [5, 5.41) is 0. The number of nitrogens with one attached hydrogen (secondary N) is 2. The van der Waals surface area contributed by atoms with Crippen LogP contribution in [-0.2, 0) is 15.0 Å². The third-order valence-corrected chi connectivity index (χ3v) is 7.02. The second-order valence-electron chi connectivity index (χ2n) is 8.41. The molecule has 138 valence electrons. The first-order chi connectivity index (χ1) is 13.2. The van der Waals surface area contributed by atoms with Crippen LogP contribution in [0.2, 0.25) is 0 Å². The lowest BCUT2D eigenvalue weighted by Gasteiger charge is -2.26. The van der Waals surface area contributed by atoms with Gasteiger partial charge in [-0.15, -0.1) is 0 Å². The molecule has 2 aromatic rings. The highest BCUT2D eigenvalue weighted by Gasteiger charge is 2.62. The molecule has 2 amide bonds. The summed E-state index contributed by atoms with van der Waals surface area (Å²) in [6, 6.07) is 20.4. The molecule has 3 aliphatic rings. The predicted molar refractivity (Wildman–Crippen MR) is 102 cm³/mol. The molecule has 0 unspecified atom stereocenters. The van der Waals surface area contributed by atoms with Gasteiger partial charge in [0.15, 0.2) is 0 Å². The highest BCUT2D eigenvalue weighted by Crippen LogP contribution is 2.65. The van der Waals surface area contributed by atoms with Crippen molar-refractivity contribution in [3.63, 3.8) is 0 Å². The second kappa shape index (κ2) is 5.95. The van der Waals surface area contributed by atoms with Gasteiger partial charge in [-0.3, -0.25) is 20.4 Å². The molecule has 2 atom stereocenters. The van der Waals surface area contributed by atoms with Crippen molar-refractivity contribution in [1.82, 2.24) is 10.9 Å². The molecule has 2 aromatic carbocycles. The number of carbonyl (C=O) groups is 2. The Bertz CT molecular complexity index is 834. The van der Waals surface area contributed by atoms with Crippen LogP contribution in [-0.4, -0.2) is 11.8 Å². The van der Waals surface area contributed by atoms with Gasteiger partial charge in [-0.05, 0) is 42.2 Å². The molecule has 0 bridgehead atoms. The molecule has 0 radical (unpaired) electrons. The molecule has 4 nitrogen and oxygen atoms in total. The first-order valence-electron chi connectivity index (χ1n) is 9.87. The minimum atomic E-state index is -0.299. The molecule has 0 aliphatic heterocycles. The van der Waals surface area contributed by atoms with E-state index in [2.05, 4.69) is 35.1 Å². The number of rotatable bonds is 4. The van der Waals surface area contributed by atoms with Gasteiger partial charge in [0.1, 0.15) is 0 Å². The van der Waals surface area contributed by atoms with Gasteiger partial charge in [0.25, 0.3) is 0 Å². The van der Waals surface area contributed by atoms with E-state index in [1.54, 1.807) is 0 Å². The van der Waals surface area contributed by atoms with Gasteiger partial charge >= 0.3 is 0 Å². The van der Waals surface area contributed by atoms with Crippen molar-refractivity contribution in [1.29, 1.82) is 0 Å². The number of hydrogen-bond donors (Lipinski definition) is 2. The van der Waals surface area contributed by atoms with Crippen molar-refractivity contribution in [2.24, 2.45) is 17.3 Å². The molecule has 0 aromatic heterocycles. The van der Waals surface area contributed by atoms with Gasteiger partial charge in [0.05, 0.1) is 5.92 Å². The Labute approximate surface area is 159 Å². The van der Waals surface area contributed by atoms with Gasteiger partial charge < -0.3 is 0 Å². The highest BCUT2D eigenvalue weighted by atomic mass is 16.2. The molecule has 5 rings (SSSR count). The van der Waals surface area contributed by atoms with E-state index >= 15 is 0 Å². The smallest absolute Gasteiger partial charge is 0.242 e. The molecular weight excluding hydrogens is 336 g/mol. The van der Waals surface area contributed by atoms with Gasteiger partial charge in [0, 0.05) is 11.3 Å². The van der Waals surface area contributed by atoms with E-state index in [4.69, 9.17) is 0 Å². The molecular formula is C23H24N2O2. The number of hydrogen-bond acceptors (Lipinski definition) is 2. The summed E-state index contributed by atoms with van der Waals surface area (Å²) >= 11 is 0. The van der Waals surface area contributed by atoms with Crippen molar-refractivity contribution in [2.45, 2.75) is 37.5 Å². The largest absolute Gasteiger partial charge is 0.273 e. The van der Waals surface area contributed by atoms with Gasteiger partial charge in [0.2, 0.25) is 11.8 Å². The summed E-state index contributed by atoms with van der Waals surface area (Å²) in [6.07, 6.45) is 5.29. The Kier molecular flexibility index (Phi) is 3.64. The summed E-state index contributed by atoms with van der Waals surface area (Å²) in [5.41, 5.74) is 7.67. The zero-order valence-electron chi connectivity index (χ0n) is 15.3. The van der Waals surface area contributed by atoms with Crippen LogP contribution >= 0.6 is 0 Å². The van der Waals surface area contributed by atoms with Crippen LogP contribution in [0.5, 0.6) is 0 Å². The van der Waals surface area contributed by atoms with Crippen LogP contribution in [0.1, 0.15) is 43.2 Å². The molecule has 3 fully saturated rings. The highest BCUT2D eigenvalue weighted by molar-refractivity contribution is 5.89. The van der Waals surface area contributed by atoms with E-state index < -0.39 is 0 Å². The van der Waals surface area contributed by atoms with Crippen molar-refractivity contribution in [2.75, 3.05) is 0 Å². The molecule has 2 N–H and O–H groups in total. The van der Waals surface area contributed by atoms with E-state index in [1.807, 2.05) is 36.4 Å². The zero-order chi connectivity index (χ0) is 18.5. The fourth-order valence-corrected chi connectivity index (χ4v) is 5.05. The second-order valence-corrected chi connectivity index (χ2v) is 8.41. The first-order valence-corrected chi connectivity index (χ1v) is 9.87. The van der Waals surface area contributed by atoms with E-state index in [-0.39, 0.29) is 34.5 Å². The van der Waals surface area contributed by atoms with Crippen LogP contribution < -0.4 is 10.9 Å². The summed E-state index contributed by atoms with van der Waals surface area (Å²) in [4.78, 5) is 25.2. The SMILES string of the molecule is O=C(NNC(=O)[C@H]1CC1(c1ccccc1)c1ccccc1)[C@H]1CC12CCC2. The third-order valence-electron chi connectivity index (χ3n) is 7.02. The summed E-state index contributed by atoms with van der Waals surface area (Å²) in [6.45, 7) is 0. The Hall–Kier alpha value is -2.62. The lowest BCUT2D eigenvalue weighted by Crippen LogP contribution is -2.45. The molecule has 1 spiro atoms. The lowest BCUT2D eigenvalue weighted by atomic mass is 9.80. The Morgan fingerprint density at radius 1 is 0.741 bits per heavy atom. The number of amides is 2. The van der Waals surface area contributed by atoms with Gasteiger partial charge in [-0.1, -0.05) is 67.1 Å². The fourth-order valence-electron chi connectivity index (χ4n) is 5.05. The average Bonchev–Trinajstić information content (AvgIpc) is 3.59. The average molecular weight is 360 g/mol. The monoisotopic (exact) mass is 360 g/mol. The maximum Gasteiger partial charge on any atom is 0.242 e. The predicted octanol–water partition coefficient (Wildman–Crippen LogP) is 3.33. The fraction of sp³-hybridized carbons (Fsp3) is 0.391. The molecule has 3 saturated carbocycles. The van der Waals surface area contributed by atoms with Crippen molar-refractivity contribution in [3.8, 4) is 0 Å². The molecule has 27 heavy (non-hydrogen) atoms. The van der Waals surface area contributed by atoms with Crippen LogP contribution in [0.3, 0.4) is 0 Å². The topological polar surface area (TPSA) is 58.2 Å². The summed E-state index contributed by atoms with van der Waals surface area (Å²) in [7, 11) is 0. The van der Waals surface area contributed by atoms with Crippen LogP contribution in [0.25, 0.3) is 0 Å². The molecule has 0 saturated heterocycles. The minimum Gasteiger partial charge on any atom is -0.273 e. The zero-order valence-corrected chi connectivity index (χ0v) is 15.3. The summed E-state index contributed by atoms with van der Waals surface area (Å²) in [5.74, 6) is -0.189. The number of benzene rings is 2. The van der Waals surface area contributed by atoms with E-state index in [9.17, 15) is 9.59 Å². The maximum atomic E-state index is 12.8. The van der Waals surface area contributed by atoms with E-state index in [1.165, 1.54) is 6.42 Å². The van der Waals surface area contributed by atoms with Crippen LogP contribution in [0.4, 0.5) is 0 Å². The quantitative estimate of drug-likeness (QED) is 0.822. The van der Waals surface area contributed by atoms with Crippen LogP contribution in [0.15, 0.2) is 60.7 Å². The van der Waals surface area contributed by atoms with Crippen molar-refractivity contribution >= 4 is 11.8 Å². The van der Waals surface area contributed by atoms with Crippen LogP contribution in [0, 0.1) is 17.3 Å². The Morgan fingerprint density at radius 3 is 1.70 bits per heavy atom. The summed E-state index contributed by atoms with van der Waals surface area (Å²) < 4.78 is 0. The standard InChI is InChI=1S/C23H24N2O2/c26-20(18-14-22(18)12-7-13-22)24-25-21(27)19-15-23(19,16-8-3-1-4-9-16)17-10-5-2-6-11-17/h1-6,8-11,18-19H,7,12-15H2,(H,24,26)(H,25,27)/t18-,19-/m1/s1. The molecule has 0 heterocycles. The molecule has 3 aliphatic carbocycles. The Morgan fingerprint density at radius 2 is 1.26 bits per heavy atom. The lowest BCUT2D eigenvalue weighted by molar-refractivity contribution is -0.131. The first kappa shape index (κ1) is 16.5.